The predicted octanol–water partition coefficient (Wildman–Crippen LogP) is 3.62. The number of carbonyl (C=O) groups is 3. The Morgan fingerprint density at radius 2 is 1.51 bits per heavy atom. The van der Waals surface area contributed by atoms with E-state index in [2.05, 4.69) is 20.3 Å². The molecule has 0 saturated carbocycles. The molecule has 1 heterocycles. The van der Waals surface area contributed by atoms with Gasteiger partial charge in [-0.1, -0.05) is 84.9 Å². The summed E-state index contributed by atoms with van der Waals surface area (Å²) in [6, 6.07) is 11.0. The molecule has 10 nitrogen and oxygen atoms in total. The number of hydrogen-bond donors (Lipinski definition) is 3. The molecule has 2 aromatic rings. The van der Waals surface area contributed by atoms with Crippen LogP contribution in [-0.2, 0) is 29.8 Å². The lowest BCUT2D eigenvalue weighted by Gasteiger charge is -2.39. The van der Waals surface area contributed by atoms with Gasteiger partial charge in [-0.05, 0) is 43.0 Å². The zero-order valence-corrected chi connectivity index (χ0v) is 27.7. The molecule has 2 rings (SSSR count). The predicted molar refractivity (Wildman–Crippen MR) is 168 cm³/mol. The fourth-order valence-corrected chi connectivity index (χ4v) is 5.89. The Bertz CT molecular complexity index is 1400. The average molecular weight is 614 g/mol. The van der Waals surface area contributed by atoms with Gasteiger partial charge in [-0.3, -0.25) is 19.4 Å². The third-order valence-electron chi connectivity index (χ3n) is 7.51. The van der Waals surface area contributed by atoms with E-state index in [-0.39, 0.29) is 22.6 Å². The Labute approximate surface area is 256 Å². The van der Waals surface area contributed by atoms with Crippen molar-refractivity contribution in [1.29, 1.82) is 0 Å². The van der Waals surface area contributed by atoms with Crippen molar-refractivity contribution in [2.75, 3.05) is 14.1 Å². The molecular weight excluding hydrogens is 566 g/mol. The number of likely N-dealkylation sites (N-methyl/N-ethyl adjacent to an activating group) is 2. The van der Waals surface area contributed by atoms with E-state index in [1.807, 2.05) is 78.8 Å². The molecule has 0 aliphatic carbocycles. The second kappa shape index (κ2) is 14.3. The maximum absolute atomic E-state index is 14.0. The van der Waals surface area contributed by atoms with Gasteiger partial charge in [-0.2, -0.15) is 0 Å². The Kier molecular flexibility index (Phi) is 11.8. The Hall–Kier alpha value is -3.57. The molecule has 1 aromatic heterocycles. The first kappa shape index (κ1) is 35.6. The quantitative estimate of drug-likeness (QED) is 0.333. The van der Waals surface area contributed by atoms with Gasteiger partial charge in [0.05, 0.1) is 12.0 Å². The van der Waals surface area contributed by atoms with Crippen LogP contribution < -0.4 is 15.4 Å². The lowest BCUT2D eigenvalue weighted by atomic mass is 9.76. The molecule has 0 radical (unpaired) electrons. The van der Waals surface area contributed by atoms with Crippen LogP contribution in [0.15, 0.2) is 71.5 Å². The van der Waals surface area contributed by atoms with Crippen LogP contribution >= 0.6 is 0 Å². The largest absolute Gasteiger partial charge is 0.342 e. The number of hydrogen-bond acceptors (Lipinski definition) is 7. The van der Waals surface area contributed by atoms with Crippen molar-refractivity contribution in [3.8, 4) is 0 Å². The van der Waals surface area contributed by atoms with Gasteiger partial charge in [0, 0.05) is 30.6 Å². The van der Waals surface area contributed by atoms with Crippen molar-refractivity contribution in [2.45, 2.75) is 77.8 Å². The van der Waals surface area contributed by atoms with Crippen molar-refractivity contribution in [2.24, 2.45) is 17.3 Å². The highest BCUT2D eigenvalue weighted by atomic mass is 32.2. The number of amides is 3. The van der Waals surface area contributed by atoms with Crippen molar-refractivity contribution in [3.63, 3.8) is 0 Å². The molecule has 0 spiro atoms. The fourth-order valence-electron chi connectivity index (χ4n) is 4.86. The van der Waals surface area contributed by atoms with Crippen LogP contribution in [0, 0.1) is 17.3 Å². The normalized spacial score (nSPS) is 14.9. The molecule has 3 amide bonds. The average Bonchev–Trinajstić information content (AvgIpc) is 2.93. The molecule has 236 valence electrons. The van der Waals surface area contributed by atoms with E-state index >= 15 is 0 Å². The molecule has 0 saturated heterocycles. The van der Waals surface area contributed by atoms with Crippen LogP contribution in [0.4, 0.5) is 0 Å². The maximum atomic E-state index is 14.0. The highest BCUT2D eigenvalue weighted by Crippen LogP contribution is 2.29. The minimum absolute atomic E-state index is 0.130. The van der Waals surface area contributed by atoms with Gasteiger partial charge in [-0.25, -0.2) is 13.1 Å². The summed E-state index contributed by atoms with van der Waals surface area (Å²) in [7, 11) is -0.797. The smallest absolute Gasteiger partial charge is 0.265 e. The minimum Gasteiger partial charge on any atom is -0.342 e. The fraction of sp³-hybridized carbons (Fsp3) is 0.500. The van der Waals surface area contributed by atoms with Crippen molar-refractivity contribution in [1.82, 2.24) is 25.2 Å². The second-order valence-electron chi connectivity index (χ2n) is 12.7. The third-order valence-corrected chi connectivity index (χ3v) is 8.85. The first-order valence-electron chi connectivity index (χ1n) is 14.3. The number of nitrogens with one attached hydrogen (secondary N) is 3. The van der Waals surface area contributed by atoms with Crippen LogP contribution in [-0.4, -0.2) is 62.2 Å². The zero-order chi connectivity index (χ0) is 32.8. The minimum atomic E-state index is -4.11. The molecule has 0 aliphatic rings. The highest BCUT2D eigenvalue weighted by molar-refractivity contribution is 7.90. The molecule has 11 heteroatoms. The molecule has 0 aliphatic heterocycles. The summed E-state index contributed by atoms with van der Waals surface area (Å²) in [6.07, 6.45) is 4.17. The summed E-state index contributed by atoms with van der Waals surface area (Å²) in [6.45, 7) is 14.9. The van der Waals surface area contributed by atoms with Crippen LogP contribution in [0.5, 0.6) is 0 Å². The Balaban J connectivity index is 2.33. The van der Waals surface area contributed by atoms with Crippen LogP contribution in [0.1, 0.15) is 61.0 Å². The first-order chi connectivity index (χ1) is 19.8. The number of carbonyl (C=O) groups excluding carboxylic acids is 3. The lowest BCUT2D eigenvalue weighted by Crippen LogP contribution is -2.60. The van der Waals surface area contributed by atoms with Crippen LogP contribution in [0.3, 0.4) is 0 Å². The van der Waals surface area contributed by atoms with Crippen molar-refractivity contribution >= 4 is 27.7 Å². The SMILES string of the molecule is CN[C@H](C(=O)N[C@H](C(=O)N(C)/C(=C/C(C)C(=O)NS(=O)(=O)c1cccnc1)C(C)C)C(C)(C)C)C(C)(C)c1ccccc1. The van der Waals surface area contributed by atoms with Crippen molar-refractivity contribution < 1.29 is 22.8 Å². The van der Waals surface area contributed by atoms with Gasteiger partial charge in [0.1, 0.15) is 10.9 Å². The number of rotatable bonds is 12. The summed E-state index contributed by atoms with van der Waals surface area (Å²) in [4.78, 5) is 45.8. The second-order valence-corrected chi connectivity index (χ2v) is 14.4. The standard InChI is InChI=1S/C32H47N5O5S/c1-21(2)25(19-22(3)28(38)36-43(41,42)24-17-14-18-34-20-24)37(10)30(40)27(31(4,5)6)35-29(39)26(33-9)32(7,8)23-15-12-11-13-16-23/h11-22,26-27,33H,1-10H3,(H,35,39)(H,36,38)/b25-19+/t22?,26-,27-/m1/s1. The van der Waals surface area contributed by atoms with Crippen LogP contribution in [0.2, 0.25) is 0 Å². The molecule has 1 aromatic carbocycles. The molecule has 3 N–H and O–H groups in total. The van der Waals surface area contributed by atoms with E-state index in [1.54, 1.807) is 27.1 Å². The van der Waals surface area contributed by atoms with Gasteiger partial charge in [-0.15, -0.1) is 0 Å². The van der Waals surface area contributed by atoms with E-state index in [0.717, 1.165) is 11.8 Å². The Morgan fingerprint density at radius 1 is 0.907 bits per heavy atom. The molecule has 0 bridgehead atoms. The number of benzene rings is 1. The summed E-state index contributed by atoms with van der Waals surface area (Å²) < 4.78 is 27.4. The molecule has 1 unspecified atom stereocenters. The first-order valence-corrected chi connectivity index (χ1v) is 15.8. The number of allylic oxidation sites excluding steroid dienone is 1. The number of aromatic nitrogens is 1. The summed E-state index contributed by atoms with van der Waals surface area (Å²) in [5.74, 6) is -2.51. The topological polar surface area (TPSA) is 138 Å². The van der Waals surface area contributed by atoms with Gasteiger partial charge < -0.3 is 15.5 Å². The van der Waals surface area contributed by atoms with E-state index in [9.17, 15) is 22.8 Å². The molecular formula is C32H47N5O5S. The molecule has 43 heavy (non-hydrogen) atoms. The molecule has 0 fully saturated rings. The molecule has 3 atom stereocenters. The number of pyridine rings is 1. The third kappa shape index (κ3) is 8.96. The van der Waals surface area contributed by atoms with Gasteiger partial charge in [0.2, 0.25) is 17.7 Å². The summed E-state index contributed by atoms with van der Waals surface area (Å²) in [5, 5.41) is 6.13. The van der Waals surface area contributed by atoms with Gasteiger partial charge >= 0.3 is 0 Å². The van der Waals surface area contributed by atoms with Gasteiger partial charge in [0.15, 0.2) is 0 Å². The van der Waals surface area contributed by atoms with Gasteiger partial charge in [0.25, 0.3) is 10.0 Å². The Morgan fingerprint density at radius 3 is 2.00 bits per heavy atom. The van der Waals surface area contributed by atoms with E-state index < -0.39 is 44.8 Å². The van der Waals surface area contributed by atoms with E-state index in [4.69, 9.17) is 0 Å². The van der Waals surface area contributed by atoms with E-state index in [1.165, 1.54) is 23.2 Å². The number of sulfonamides is 1. The highest BCUT2D eigenvalue weighted by Gasteiger charge is 2.41. The van der Waals surface area contributed by atoms with Crippen LogP contribution in [0.25, 0.3) is 0 Å². The van der Waals surface area contributed by atoms with Crippen molar-refractivity contribution in [3.05, 3.63) is 72.2 Å². The van der Waals surface area contributed by atoms with E-state index in [0.29, 0.717) is 5.70 Å². The maximum Gasteiger partial charge on any atom is 0.265 e. The summed E-state index contributed by atoms with van der Waals surface area (Å²) in [5.41, 5.74) is 0.256. The lowest BCUT2D eigenvalue weighted by molar-refractivity contribution is -0.138. The summed E-state index contributed by atoms with van der Waals surface area (Å²) >= 11 is 0. The zero-order valence-electron chi connectivity index (χ0n) is 26.9. The number of nitrogens with zero attached hydrogens (tertiary/aromatic N) is 2. The monoisotopic (exact) mass is 613 g/mol.